The third kappa shape index (κ3) is 2.90. The quantitative estimate of drug-likeness (QED) is 0.879. The number of piperidine rings is 1. The van der Waals surface area contributed by atoms with Gasteiger partial charge in [0, 0.05) is 37.6 Å². The van der Waals surface area contributed by atoms with Crippen molar-refractivity contribution in [2.75, 3.05) is 18.0 Å². The SMILES string of the molecule is NCc1cnc(N2CCCC(C(F)(F)F)C2)nc1. The second-order valence-corrected chi connectivity index (χ2v) is 4.42. The summed E-state index contributed by atoms with van der Waals surface area (Å²) in [5, 5.41) is 0. The molecule has 2 heterocycles. The standard InChI is InChI=1S/C11H15F3N4/c12-11(13,14)9-2-1-3-18(7-9)10-16-5-8(4-15)6-17-10/h5-6,9H,1-4,7,15H2. The number of halogens is 3. The first-order chi connectivity index (χ1) is 8.50. The topological polar surface area (TPSA) is 55.0 Å². The molecule has 0 amide bonds. The predicted octanol–water partition coefficient (Wildman–Crippen LogP) is 1.71. The van der Waals surface area contributed by atoms with Crippen LogP contribution in [0.15, 0.2) is 12.4 Å². The molecule has 1 aliphatic heterocycles. The van der Waals surface area contributed by atoms with E-state index in [0.717, 1.165) is 5.56 Å². The van der Waals surface area contributed by atoms with Crippen LogP contribution in [0.1, 0.15) is 18.4 Å². The minimum atomic E-state index is -4.14. The summed E-state index contributed by atoms with van der Waals surface area (Å²) in [7, 11) is 0. The van der Waals surface area contributed by atoms with Crippen molar-refractivity contribution < 1.29 is 13.2 Å². The van der Waals surface area contributed by atoms with E-state index in [2.05, 4.69) is 9.97 Å². The van der Waals surface area contributed by atoms with E-state index in [-0.39, 0.29) is 13.0 Å². The normalized spacial score (nSPS) is 21.1. The number of hydrogen-bond acceptors (Lipinski definition) is 4. The van der Waals surface area contributed by atoms with Crippen LogP contribution in [-0.2, 0) is 6.54 Å². The van der Waals surface area contributed by atoms with E-state index < -0.39 is 12.1 Å². The van der Waals surface area contributed by atoms with Crippen molar-refractivity contribution >= 4 is 5.95 Å². The number of aromatic nitrogens is 2. The fourth-order valence-corrected chi connectivity index (χ4v) is 2.04. The van der Waals surface area contributed by atoms with Crippen LogP contribution in [0.2, 0.25) is 0 Å². The maximum atomic E-state index is 12.7. The molecule has 2 N–H and O–H groups in total. The van der Waals surface area contributed by atoms with E-state index >= 15 is 0 Å². The third-order valence-corrected chi connectivity index (χ3v) is 3.09. The molecule has 18 heavy (non-hydrogen) atoms. The molecule has 0 bridgehead atoms. The number of hydrogen-bond donors (Lipinski definition) is 1. The van der Waals surface area contributed by atoms with Crippen molar-refractivity contribution in [3.63, 3.8) is 0 Å². The van der Waals surface area contributed by atoms with Gasteiger partial charge >= 0.3 is 6.18 Å². The molecule has 1 saturated heterocycles. The molecule has 1 atom stereocenters. The highest BCUT2D eigenvalue weighted by molar-refractivity contribution is 5.30. The lowest BCUT2D eigenvalue weighted by molar-refractivity contribution is -0.176. The summed E-state index contributed by atoms with van der Waals surface area (Å²) in [5.41, 5.74) is 6.18. The molecule has 7 heteroatoms. The maximum Gasteiger partial charge on any atom is 0.393 e. The Kier molecular flexibility index (Phi) is 3.70. The van der Waals surface area contributed by atoms with E-state index in [9.17, 15) is 13.2 Å². The van der Waals surface area contributed by atoms with Crippen LogP contribution in [0.3, 0.4) is 0 Å². The van der Waals surface area contributed by atoms with E-state index in [1.807, 2.05) is 0 Å². The van der Waals surface area contributed by atoms with Crippen LogP contribution in [0, 0.1) is 5.92 Å². The monoisotopic (exact) mass is 260 g/mol. The Bertz CT molecular complexity index is 390. The van der Waals surface area contributed by atoms with E-state index in [1.54, 1.807) is 17.3 Å². The first kappa shape index (κ1) is 13.1. The molecule has 0 spiro atoms. The molecule has 0 saturated carbocycles. The number of nitrogens with two attached hydrogens (primary N) is 1. The molecular formula is C11H15F3N4. The Morgan fingerprint density at radius 2 is 2.00 bits per heavy atom. The number of nitrogens with zero attached hydrogens (tertiary/aromatic N) is 3. The third-order valence-electron chi connectivity index (χ3n) is 3.09. The summed E-state index contributed by atoms with van der Waals surface area (Å²) in [5.74, 6) is -0.940. The van der Waals surface area contributed by atoms with Crippen molar-refractivity contribution in [2.45, 2.75) is 25.6 Å². The smallest absolute Gasteiger partial charge is 0.340 e. The van der Waals surface area contributed by atoms with Crippen LogP contribution in [0.4, 0.5) is 19.1 Å². The number of alkyl halides is 3. The van der Waals surface area contributed by atoms with E-state index in [1.165, 1.54) is 0 Å². The maximum absolute atomic E-state index is 12.7. The minimum Gasteiger partial charge on any atom is -0.340 e. The molecule has 100 valence electrons. The van der Waals surface area contributed by atoms with E-state index in [0.29, 0.717) is 25.5 Å². The summed E-state index contributed by atoms with van der Waals surface area (Å²) in [4.78, 5) is 9.70. The zero-order valence-corrected chi connectivity index (χ0v) is 9.82. The molecule has 0 aromatic carbocycles. The van der Waals surface area contributed by atoms with Gasteiger partial charge in [0.05, 0.1) is 5.92 Å². The average molecular weight is 260 g/mol. The Hall–Kier alpha value is -1.37. The highest BCUT2D eigenvalue weighted by Crippen LogP contribution is 2.33. The molecule has 1 fully saturated rings. The Morgan fingerprint density at radius 1 is 1.33 bits per heavy atom. The van der Waals surface area contributed by atoms with Crippen molar-refractivity contribution in [2.24, 2.45) is 11.7 Å². The van der Waals surface area contributed by atoms with Gasteiger partial charge in [0.25, 0.3) is 0 Å². The fourth-order valence-electron chi connectivity index (χ4n) is 2.04. The van der Waals surface area contributed by atoms with Gasteiger partial charge in [-0.25, -0.2) is 9.97 Å². The summed E-state index contributed by atoms with van der Waals surface area (Å²) in [6.07, 6.45) is -0.345. The van der Waals surface area contributed by atoms with Crippen LogP contribution in [0.25, 0.3) is 0 Å². The van der Waals surface area contributed by atoms with Gasteiger partial charge in [-0.15, -0.1) is 0 Å². The molecule has 1 aliphatic rings. The van der Waals surface area contributed by atoms with Gasteiger partial charge < -0.3 is 10.6 Å². The van der Waals surface area contributed by atoms with Crippen LogP contribution in [0.5, 0.6) is 0 Å². The number of anilines is 1. The van der Waals surface area contributed by atoms with Gasteiger partial charge in [0.2, 0.25) is 5.95 Å². The second-order valence-electron chi connectivity index (χ2n) is 4.42. The molecule has 0 aliphatic carbocycles. The van der Waals surface area contributed by atoms with Gasteiger partial charge in [-0.3, -0.25) is 0 Å². The lowest BCUT2D eigenvalue weighted by atomic mass is 9.98. The Morgan fingerprint density at radius 3 is 2.56 bits per heavy atom. The molecule has 1 aromatic heterocycles. The van der Waals surface area contributed by atoms with Crippen LogP contribution in [-0.4, -0.2) is 29.2 Å². The molecular weight excluding hydrogens is 245 g/mol. The lowest BCUT2D eigenvalue weighted by Gasteiger charge is -2.33. The van der Waals surface area contributed by atoms with Gasteiger partial charge in [-0.05, 0) is 12.8 Å². The van der Waals surface area contributed by atoms with Gasteiger partial charge in [-0.2, -0.15) is 13.2 Å². The Labute approximate surface area is 103 Å². The molecule has 4 nitrogen and oxygen atoms in total. The van der Waals surface area contributed by atoms with Gasteiger partial charge in [0.1, 0.15) is 0 Å². The van der Waals surface area contributed by atoms with Crippen molar-refractivity contribution in [3.8, 4) is 0 Å². The summed E-state index contributed by atoms with van der Waals surface area (Å²) < 4.78 is 38.0. The van der Waals surface area contributed by atoms with E-state index in [4.69, 9.17) is 5.73 Å². The average Bonchev–Trinajstić information content (AvgIpc) is 2.38. The summed E-state index contributed by atoms with van der Waals surface area (Å²) in [6, 6.07) is 0. The highest BCUT2D eigenvalue weighted by atomic mass is 19.4. The first-order valence-corrected chi connectivity index (χ1v) is 5.83. The second kappa shape index (κ2) is 5.09. The predicted molar refractivity (Wildman–Crippen MR) is 60.9 cm³/mol. The highest BCUT2D eigenvalue weighted by Gasteiger charge is 2.42. The molecule has 1 aromatic rings. The molecule has 2 rings (SSSR count). The molecule has 0 radical (unpaired) electrons. The van der Waals surface area contributed by atoms with Crippen LogP contribution >= 0.6 is 0 Å². The summed E-state index contributed by atoms with van der Waals surface area (Å²) in [6.45, 7) is 0.825. The Balaban J connectivity index is 2.08. The zero-order chi connectivity index (χ0) is 13.2. The molecule has 1 unspecified atom stereocenters. The van der Waals surface area contributed by atoms with Crippen molar-refractivity contribution in [1.82, 2.24) is 9.97 Å². The van der Waals surface area contributed by atoms with Crippen molar-refractivity contribution in [3.05, 3.63) is 18.0 Å². The summed E-state index contributed by atoms with van der Waals surface area (Å²) >= 11 is 0. The first-order valence-electron chi connectivity index (χ1n) is 5.83. The lowest BCUT2D eigenvalue weighted by Crippen LogP contribution is -2.42. The number of rotatable bonds is 2. The van der Waals surface area contributed by atoms with Crippen LogP contribution < -0.4 is 10.6 Å². The fraction of sp³-hybridized carbons (Fsp3) is 0.636. The largest absolute Gasteiger partial charge is 0.393 e. The van der Waals surface area contributed by atoms with Crippen molar-refractivity contribution in [1.29, 1.82) is 0 Å². The van der Waals surface area contributed by atoms with Gasteiger partial charge in [-0.1, -0.05) is 0 Å². The van der Waals surface area contributed by atoms with Gasteiger partial charge in [0.15, 0.2) is 0 Å². The minimum absolute atomic E-state index is 0.0640. The zero-order valence-electron chi connectivity index (χ0n) is 9.82.